The van der Waals surface area contributed by atoms with Crippen molar-refractivity contribution in [1.82, 2.24) is 9.97 Å². The summed E-state index contributed by atoms with van der Waals surface area (Å²) in [5.41, 5.74) is 1.81. The number of benzene rings is 1. The molecule has 2 aromatic heterocycles. The monoisotopic (exact) mass is 344 g/mol. The average Bonchev–Trinajstić information content (AvgIpc) is 2.62. The van der Waals surface area contributed by atoms with Crippen molar-refractivity contribution in [2.45, 2.75) is 19.5 Å². The van der Waals surface area contributed by atoms with Gasteiger partial charge in [0, 0.05) is 29.2 Å². The van der Waals surface area contributed by atoms with E-state index in [2.05, 4.69) is 9.97 Å². The Morgan fingerprint density at radius 3 is 2.16 bits per heavy atom. The van der Waals surface area contributed by atoms with Crippen LogP contribution in [0.3, 0.4) is 0 Å². The third kappa shape index (κ3) is 3.79. The van der Waals surface area contributed by atoms with E-state index >= 15 is 0 Å². The topological polar surface area (TPSA) is 35.0 Å². The number of aromatic nitrogens is 2. The molecule has 0 radical (unpaired) electrons. The predicted octanol–water partition coefficient (Wildman–Crippen LogP) is 5.52. The highest BCUT2D eigenvalue weighted by atomic mass is 19.4. The van der Waals surface area contributed by atoms with Crippen LogP contribution >= 0.6 is 0 Å². The molecule has 0 fully saturated rings. The van der Waals surface area contributed by atoms with Crippen LogP contribution in [0.25, 0.3) is 11.1 Å². The largest absolute Gasteiger partial charge is 0.438 e. The van der Waals surface area contributed by atoms with Gasteiger partial charge in [-0.3, -0.25) is 4.98 Å². The van der Waals surface area contributed by atoms with Crippen LogP contribution in [-0.4, -0.2) is 9.97 Å². The smallest absolute Gasteiger partial charge is 0.416 e. The zero-order valence-electron chi connectivity index (χ0n) is 13.4. The third-order valence-corrected chi connectivity index (χ3v) is 3.68. The van der Waals surface area contributed by atoms with E-state index < -0.39 is 11.7 Å². The van der Waals surface area contributed by atoms with Gasteiger partial charge >= 0.3 is 6.18 Å². The maximum Gasteiger partial charge on any atom is 0.416 e. The lowest BCUT2D eigenvalue weighted by Crippen LogP contribution is -2.04. The Morgan fingerprint density at radius 1 is 0.880 bits per heavy atom. The Bertz CT molecular complexity index is 861. The van der Waals surface area contributed by atoms with Gasteiger partial charge in [-0.15, -0.1) is 0 Å². The second-order valence-corrected chi connectivity index (χ2v) is 5.33. The van der Waals surface area contributed by atoms with Gasteiger partial charge in [-0.2, -0.15) is 13.2 Å². The molecule has 0 bridgehead atoms. The first-order valence-corrected chi connectivity index (χ1v) is 7.73. The fourth-order valence-corrected chi connectivity index (χ4v) is 2.47. The van der Waals surface area contributed by atoms with E-state index in [4.69, 9.17) is 4.74 Å². The molecule has 0 aliphatic rings. The Morgan fingerprint density at radius 2 is 1.52 bits per heavy atom. The molecule has 0 amide bonds. The molecule has 0 aliphatic heterocycles. The second-order valence-electron chi connectivity index (χ2n) is 5.33. The third-order valence-electron chi connectivity index (χ3n) is 3.68. The first kappa shape index (κ1) is 17.0. The normalized spacial score (nSPS) is 11.4. The minimum atomic E-state index is -4.37. The van der Waals surface area contributed by atoms with E-state index in [9.17, 15) is 13.2 Å². The first-order chi connectivity index (χ1) is 12.0. The average molecular weight is 344 g/mol. The molecule has 3 rings (SSSR count). The van der Waals surface area contributed by atoms with Gasteiger partial charge in [-0.05, 0) is 48.9 Å². The van der Waals surface area contributed by atoms with Gasteiger partial charge in [0.15, 0.2) is 0 Å². The number of pyridine rings is 2. The van der Waals surface area contributed by atoms with Crippen molar-refractivity contribution >= 4 is 0 Å². The molecule has 0 atom stereocenters. The lowest BCUT2D eigenvalue weighted by atomic mass is 10.0. The van der Waals surface area contributed by atoms with Gasteiger partial charge in [0.05, 0.1) is 5.56 Å². The highest BCUT2D eigenvalue weighted by Gasteiger charge is 2.30. The second kappa shape index (κ2) is 6.93. The van der Waals surface area contributed by atoms with Crippen molar-refractivity contribution in [2.75, 3.05) is 0 Å². The summed E-state index contributed by atoms with van der Waals surface area (Å²) in [6.07, 6.45) is -0.342. The summed E-state index contributed by atoms with van der Waals surface area (Å²) in [6, 6.07) is 11.9. The number of alkyl halides is 3. The number of ether oxygens (including phenoxy) is 1. The molecule has 2 heterocycles. The molecule has 0 unspecified atom stereocenters. The number of hydrogen-bond donors (Lipinski definition) is 0. The molecule has 3 aromatic rings. The minimum Gasteiger partial charge on any atom is -0.438 e. The highest BCUT2D eigenvalue weighted by Crippen LogP contribution is 2.34. The molecule has 0 saturated carbocycles. The molecule has 25 heavy (non-hydrogen) atoms. The quantitative estimate of drug-likeness (QED) is 0.625. The van der Waals surface area contributed by atoms with Crippen molar-refractivity contribution in [3.05, 3.63) is 72.2 Å². The number of nitrogens with zero attached hydrogens (tertiary/aromatic N) is 2. The standard InChI is InChI=1S/C19H15F3N2O/c1-2-17-15(5-3-11-23-17)16-6-4-12-24-18(16)25-14-9-7-13(8-10-14)19(20,21)22/h3-12H,2H2,1H3. The number of halogens is 3. The first-order valence-electron chi connectivity index (χ1n) is 7.73. The zero-order valence-corrected chi connectivity index (χ0v) is 13.4. The van der Waals surface area contributed by atoms with Crippen LogP contribution in [0.1, 0.15) is 18.2 Å². The summed E-state index contributed by atoms with van der Waals surface area (Å²) in [4.78, 5) is 8.58. The van der Waals surface area contributed by atoms with E-state index in [1.165, 1.54) is 12.1 Å². The molecular weight excluding hydrogens is 329 g/mol. The van der Waals surface area contributed by atoms with E-state index in [-0.39, 0.29) is 5.75 Å². The van der Waals surface area contributed by atoms with Crippen molar-refractivity contribution in [3.63, 3.8) is 0 Å². The number of rotatable bonds is 4. The number of hydrogen-bond acceptors (Lipinski definition) is 3. The molecule has 0 aliphatic carbocycles. The maximum atomic E-state index is 12.7. The summed E-state index contributed by atoms with van der Waals surface area (Å²) in [5, 5.41) is 0. The van der Waals surface area contributed by atoms with Crippen LogP contribution in [0, 0.1) is 0 Å². The number of aryl methyl sites for hydroxylation is 1. The van der Waals surface area contributed by atoms with Crippen molar-refractivity contribution in [2.24, 2.45) is 0 Å². The fraction of sp³-hybridized carbons (Fsp3) is 0.158. The predicted molar refractivity (Wildman–Crippen MR) is 88.4 cm³/mol. The van der Waals surface area contributed by atoms with E-state index in [1.807, 2.05) is 25.1 Å². The molecule has 0 spiro atoms. The summed E-state index contributed by atoms with van der Waals surface area (Å²) in [7, 11) is 0. The van der Waals surface area contributed by atoms with Gasteiger partial charge in [-0.25, -0.2) is 4.98 Å². The van der Waals surface area contributed by atoms with Crippen molar-refractivity contribution in [3.8, 4) is 22.8 Å². The lowest BCUT2D eigenvalue weighted by Gasteiger charge is -2.13. The van der Waals surface area contributed by atoms with E-state index in [0.29, 0.717) is 5.88 Å². The molecule has 0 N–H and O–H groups in total. The van der Waals surface area contributed by atoms with Crippen molar-refractivity contribution in [1.29, 1.82) is 0 Å². The van der Waals surface area contributed by atoms with Crippen LogP contribution in [0.4, 0.5) is 13.2 Å². The van der Waals surface area contributed by atoms with Gasteiger partial charge < -0.3 is 4.74 Å². The molecular formula is C19H15F3N2O. The Balaban J connectivity index is 1.94. The Kier molecular flexibility index (Phi) is 4.70. The minimum absolute atomic E-state index is 0.287. The Labute approximate surface area is 143 Å². The summed E-state index contributed by atoms with van der Waals surface area (Å²) in [5.74, 6) is 0.611. The SMILES string of the molecule is CCc1ncccc1-c1cccnc1Oc1ccc(C(F)(F)F)cc1. The summed E-state index contributed by atoms with van der Waals surface area (Å²) < 4.78 is 43.7. The van der Waals surface area contributed by atoms with Gasteiger partial charge in [0.2, 0.25) is 5.88 Å². The Hall–Kier alpha value is -2.89. The van der Waals surface area contributed by atoms with Crippen LogP contribution in [0.2, 0.25) is 0 Å². The van der Waals surface area contributed by atoms with Crippen LogP contribution < -0.4 is 4.74 Å². The van der Waals surface area contributed by atoms with Crippen LogP contribution in [-0.2, 0) is 12.6 Å². The van der Waals surface area contributed by atoms with E-state index in [0.717, 1.165) is 35.4 Å². The fourth-order valence-electron chi connectivity index (χ4n) is 2.47. The molecule has 3 nitrogen and oxygen atoms in total. The molecule has 128 valence electrons. The maximum absolute atomic E-state index is 12.7. The zero-order chi connectivity index (χ0) is 17.9. The lowest BCUT2D eigenvalue weighted by molar-refractivity contribution is -0.137. The summed E-state index contributed by atoms with van der Waals surface area (Å²) in [6.45, 7) is 2.00. The molecule has 0 saturated heterocycles. The van der Waals surface area contributed by atoms with E-state index in [1.54, 1.807) is 18.5 Å². The van der Waals surface area contributed by atoms with Crippen LogP contribution in [0.5, 0.6) is 11.6 Å². The van der Waals surface area contributed by atoms with Gasteiger partial charge in [0.1, 0.15) is 5.75 Å². The van der Waals surface area contributed by atoms with Crippen LogP contribution in [0.15, 0.2) is 60.9 Å². The van der Waals surface area contributed by atoms with Crippen molar-refractivity contribution < 1.29 is 17.9 Å². The molecule has 6 heteroatoms. The molecule has 1 aromatic carbocycles. The van der Waals surface area contributed by atoms with Gasteiger partial charge in [-0.1, -0.05) is 13.0 Å². The van der Waals surface area contributed by atoms with Gasteiger partial charge in [0.25, 0.3) is 0 Å². The highest BCUT2D eigenvalue weighted by molar-refractivity contribution is 5.70. The summed E-state index contributed by atoms with van der Waals surface area (Å²) >= 11 is 0.